The maximum Gasteiger partial charge on any atom is 0.275 e. The van der Waals surface area contributed by atoms with Crippen molar-refractivity contribution in [2.75, 3.05) is 18.4 Å². The lowest BCUT2D eigenvalue weighted by Crippen LogP contribution is -2.27. The molecule has 0 atom stereocenters. The van der Waals surface area contributed by atoms with E-state index in [1.807, 2.05) is 22.4 Å². The van der Waals surface area contributed by atoms with Crippen molar-refractivity contribution in [2.24, 2.45) is 0 Å². The van der Waals surface area contributed by atoms with Gasteiger partial charge >= 0.3 is 0 Å². The Morgan fingerprint density at radius 1 is 1.04 bits per heavy atom. The zero-order valence-electron chi connectivity index (χ0n) is 14.0. The molecule has 0 aliphatic carbocycles. The molecule has 1 N–H and O–H groups in total. The Bertz CT molecular complexity index is 911. The summed E-state index contributed by atoms with van der Waals surface area (Å²) < 4.78 is 0. The number of carbonyl (C=O) groups excluding carboxylic acids is 2. The fraction of sp³-hybridized carbons (Fsp3) is 0.211. The monoisotopic (exact) mass is 383 g/mol. The molecule has 26 heavy (non-hydrogen) atoms. The Labute approximate surface area is 159 Å². The number of amides is 2. The van der Waals surface area contributed by atoms with Crippen molar-refractivity contribution >= 4 is 40.2 Å². The number of hydrogen-bond acceptors (Lipinski definition) is 5. The second kappa shape index (κ2) is 7.39. The van der Waals surface area contributed by atoms with Gasteiger partial charge in [-0.1, -0.05) is 6.07 Å². The molecule has 0 bridgehead atoms. The summed E-state index contributed by atoms with van der Waals surface area (Å²) in [4.78, 5) is 32.1. The Kier molecular flexibility index (Phi) is 4.81. The lowest BCUT2D eigenvalue weighted by molar-refractivity contribution is 0.0792. The van der Waals surface area contributed by atoms with Crippen molar-refractivity contribution in [1.82, 2.24) is 9.88 Å². The maximum absolute atomic E-state index is 12.4. The van der Waals surface area contributed by atoms with Gasteiger partial charge in [-0.2, -0.15) is 0 Å². The Hall–Kier alpha value is -2.51. The molecule has 3 heterocycles. The number of nitrogens with one attached hydrogen (secondary N) is 1. The summed E-state index contributed by atoms with van der Waals surface area (Å²) in [5, 5.41) is 7.43. The highest BCUT2D eigenvalue weighted by Gasteiger charge is 2.19. The number of anilines is 1. The second-order valence-electron chi connectivity index (χ2n) is 6.05. The van der Waals surface area contributed by atoms with E-state index in [0.29, 0.717) is 16.9 Å². The molecule has 0 radical (unpaired) electrons. The first-order valence-electron chi connectivity index (χ1n) is 8.41. The first-order chi connectivity index (χ1) is 12.7. The summed E-state index contributed by atoms with van der Waals surface area (Å²) in [6, 6.07) is 11.0. The van der Waals surface area contributed by atoms with Gasteiger partial charge in [0.05, 0.1) is 4.88 Å². The highest BCUT2D eigenvalue weighted by Crippen LogP contribution is 2.28. The van der Waals surface area contributed by atoms with Gasteiger partial charge < -0.3 is 10.2 Å². The Morgan fingerprint density at radius 3 is 2.50 bits per heavy atom. The van der Waals surface area contributed by atoms with Crippen LogP contribution in [0.3, 0.4) is 0 Å². The summed E-state index contributed by atoms with van der Waals surface area (Å²) in [5.74, 6) is -0.192. The van der Waals surface area contributed by atoms with E-state index in [0.717, 1.165) is 35.8 Å². The molecule has 3 aromatic rings. The van der Waals surface area contributed by atoms with Crippen LogP contribution in [0.15, 0.2) is 47.2 Å². The molecule has 0 saturated carbocycles. The predicted octanol–water partition coefficient (Wildman–Crippen LogP) is 4.36. The molecular weight excluding hydrogens is 366 g/mol. The van der Waals surface area contributed by atoms with Crippen LogP contribution < -0.4 is 5.32 Å². The molecule has 5 nitrogen and oxygen atoms in total. The lowest BCUT2D eigenvalue weighted by Gasteiger charge is -2.15. The molecular formula is C19H17N3O2S2. The molecule has 1 saturated heterocycles. The fourth-order valence-corrected chi connectivity index (χ4v) is 4.50. The van der Waals surface area contributed by atoms with Crippen molar-refractivity contribution in [2.45, 2.75) is 12.8 Å². The molecule has 2 amide bonds. The van der Waals surface area contributed by atoms with Crippen LogP contribution in [0.5, 0.6) is 0 Å². The maximum atomic E-state index is 12.4. The normalized spacial score (nSPS) is 13.8. The van der Waals surface area contributed by atoms with Gasteiger partial charge in [0.15, 0.2) is 0 Å². The van der Waals surface area contributed by atoms with Gasteiger partial charge in [0.25, 0.3) is 11.8 Å². The van der Waals surface area contributed by atoms with Crippen LogP contribution in [-0.2, 0) is 0 Å². The van der Waals surface area contributed by atoms with Gasteiger partial charge in [-0.25, -0.2) is 4.98 Å². The standard InChI is InChI=1S/C19H17N3O2S2/c23-17(15-12-26-18(21-15)16-4-3-11-25-16)20-14-7-5-13(6-8-14)19(24)22-9-1-2-10-22/h3-8,11-12H,1-2,9-10H2,(H,20,23). The molecule has 0 unspecified atom stereocenters. The summed E-state index contributed by atoms with van der Waals surface area (Å²) in [5.41, 5.74) is 1.70. The third-order valence-corrected chi connectivity index (χ3v) is 6.13. The first-order valence-corrected chi connectivity index (χ1v) is 10.2. The van der Waals surface area contributed by atoms with Crippen LogP contribution in [0.2, 0.25) is 0 Å². The van der Waals surface area contributed by atoms with Crippen molar-refractivity contribution in [1.29, 1.82) is 0 Å². The molecule has 132 valence electrons. The van der Waals surface area contributed by atoms with E-state index in [2.05, 4.69) is 10.3 Å². The van der Waals surface area contributed by atoms with Gasteiger partial charge in [0, 0.05) is 29.7 Å². The van der Waals surface area contributed by atoms with Crippen molar-refractivity contribution < 1.29 is 9.59 Å². The summed E-state index contributed by atoms with van der Waals surface area (Å²) in [6.45, 7) is 1.65. The van der Waals surface area contributed by atoms with Crippen LogP contribution >= 0.6 is 22.7 Å². The van der Waals surface area contributed by atoms with Crippen LogP contribution in [0.4, 0.5) is 5.69 Å². The number of thiophene rings is 1. The molecule has 7 heteroatoms. The van der Waals surface area contributed by atoms with Crippen molar-refractivity contribution in [3.63, 3.8) is 0 Å². The largest absolute Gasteiger partial charge is 0.339 e. The van der Waals surface area contributed by atoms with E-state index in [9.17, 15) is 9.59 Å². The minimum atomic E-state index is -0.248. The molecule has 1 aromatic carbocycles. The van der Waals surface area contributed by atoms with Gasteiger partial charge in [0.2, 0.25) is 0 Å². The molecule has 1 aliphatic rings. The molecule has 1 aliphatic heterocycles. The zero-order valence-corrected chi connectivity index (χ0v) is 15.6. The Balaban J connectivity index is 1.42. The predicted molar refractivity (Wildman–Crippen MR) is 105 cm³/mol. The highest BCUT2D eigenvalue weighted by molar-refractivity contribution is 7.20. The van der Waals surface area contributed by atoms with Gasteiger partial charge in [0.1, 0.15) is 10.7 Å². The third-order valence-electron chi connectivity index (χ3n) is 4.25. The van der Waals surface area contributed by atoms with E-state index in [-0.39, 0.29) is 11.8 Å². The SMILES string of the molecule is O=C(Nc1ccc(C(=O)N2CCCC2)cc1)c1csc(-c2cccs2)n1. The van der Waals surface area contributed by atoms with E-state index in [1.54, 1.807) is 41.0 Å². The van der Waals surface area contributed by atoms with E-state index in [1.165, 1.54) is 11.3 Å². The smallest absolute Gasteiger partial charge is 0.275 e. The van der Waals surface area contributed by atoms with Crippen molar-refractivity contribution in [3.8, 4) is 9.88 Å². The van der Waals surface area contributed by atoms with E-state index >= 15 is 0 Å². The van der Waals surface area contributed by atoms with Gasteiger partial charge in [-0.05, 0) is 48.6 Å². The highest BCUT2D eigenvalue weighted by atomic mass is 32.1. The summed E-state index contributed by atoms with van der Waals surface area (Å²) >= 11 is 3.05. The fourth-order valence-electron chi connectivity index (χ4n) is 2.89. The number of thiazole rings is 1. The number of aromatic nitrogens is 1. The average molecular weight is 383 g/mol. The minimum Gasteiger partial charge on any atom is -0.339 e. The van der Waals surface area contributed by atoms with Crippen LogP contribution in [0.1, 0.15) is 33.7 Å². The number of nitrogens with zero attached hydrogens (tertiary/aromatic N) is 2. The van der Waals surface area contributed by atoms with Crippen LogP contribution in [-0.4, -0.2) is 34.8 Å². The Morgan fingerprint density at radius 2 is 1.81 bits per heavy atom. The molecule has 2 aromatic heterocycles. The van der Waals surface area contributed by atoms with E-state index < -0.39 is 0 Å². The number of likely N-dealkylation sites (tertiary alicyclic amines) is 1. The number of carbonyl (C=O) groups is 2. The quantitative estimate of drug-likeness (QED) is 0.728. The van der Waals surface area contributed by atoms with Gasteiger partial charge in [-0.15, -0.1) is 22.7 Å². The number of rotatable bonds is 4. The van der Waals surface area contributed by atoms with Crippen LogP contribution in [0, 0.1) is 0 Å². The van der Waals surface area contributed by atoms with E-state index in [4.69, 9.17) is 0 Å². The van der Waals surface area contributed by atoms with Gasteiger partial charge in [-0.3, -0.25) is 9.59 Å². The number of hydrogen-bond donors (Lipinski definition) is 1. The second-order valence-corrected chi connectivity index (χ2v) is 7.85. The third kappa shape index (κ3) is 3.54. The average Bonchev–Trinajstić information content (AvgIpc) is 3.43. The zero-order chi connectivity index (χ0) is 17.9. The summed E-state index contributed by atoms with van der Waals surface area (Å²) in [7, 11) is 0. The minimum absolute atomic E-state index is 0.0560. The van der Waals surface area contributed by atoms with Crippen LogP contribution in [0.25, 0.3) is 9.88 Å². The lowest BCUT2D eigenvalue weighted by atomic mass is 10.2. The number of benzene rings is 1. The molecule has 4 rings (SSSR count). The molecule has 0 spiro atoms. The molecule has 1 fully saturated rings. The topological polar surface area (TPSA) is 62.3 Å². The summed E-state index contributed by atoms with van der Waals surface area (Å²) in [6.07, 6.45) is 2.14. The van der Waals surface area contributed by atoms with Crippen molar-refractivity contribution in [3.05, 3.63) is 58.4 Å². The first kappa shape index (κ1) is 16.9.